The Morgan fingerprint density at radius 1 is 1.25 bits per heavy atom. The van der Waals surface area contributed by atoms with Crippen LogP contribution in [-0.4, -0.2) is 16.9 Å². The van der Waals surface area contributed by atoms with Gasteiger partial charge in [0.15, 0.2) is 5.78 Å². The Balaban J connectivity index is 2.93. The lowest BCUT2D eigenvalue weighted by Gasteiger charge is -2.10. The average Bonchev–Trinajstić information content (AvgIpc) is 2.16. The summed E-state index contributed by atoms with van der Waals surface area (Å²) in [5, 5.41) is 8.76. The fourth-order valence-corrected chi connectivity index (χ4v) is 1.72. The third-order valence-electron chi connectivity index (χ3n) is 2.67. The number of rotatable bonds is 4. The van der Waals surface area contributed by atoms with Gasteiger partial charge in [-0.05, 0) is 25.0 Å². The first-order chi connectivity index (χ1) is 7.43. The summed E-state index contributed by atoms with van der Waals surface area (Å²) in [6.45, 7) is 5.28. The average molecular weight is 220 g/mol. The maximum Gasteiger partial charge on any atom is 0.306 e. The molecule has 1 aromatic rings. The van der Waals surface area contributed by atoms with Gasteiger partial charge in [-0.1, -0.05) is 25.1 Å². The molecule has 0 radical (unpaired) electrons. The van der Waals surface area contributed by atoms with Crippen molar-refractivity contribution in [1.82, 2.24) is 0 Å². The topological polar surface area (TPSA) is 54.4 Å². The standard InChI is InChI=1S/C13H16O3/c1-8-5-4-6-9(2)12(8)11(14)7-10(3)13(15)16/h4-6,10H,7H2,1-3H3,(H,15,16). The summed E-state index contributed by atoms with van der Waals surface area (Å²) in [5.74, 6) is -1.66. The second-order valence-electron chi connectivity index (χ2n) is 4.13. The molecule has 0 fully saturated rings. The van der Waals surface area contributed by atoms with E-state index in [0.29, 0.717) is 5.56 Å². The number of aryl methyl sites for hydroxylation is 2. The van der Waals surface area contributed by atoms with Crippen molar-refractivity contribution in [3.05, 3.63) is 34.9 Å². The van der Waals surface area contributed by atoms with Gasteiger partial charge in [0.2, 0.25) is 0 Å². The Morgan fingerprint density at radius 3 is 2.19 bits per heavy atom. The first kappa shape index (κ1) is 12.4. The summed E-state index contributed by atoms with van der Waals surface area (Å²) in [5.41, 5.74) is 2.47. The van der Waals surface area contributed by atoms with E-state index in [4.69, 9.17) is 5.11 Å². The highest BCUT2D eigenvalue weighted by molar-refractivity contribution is 6.00. The van der Waals surface area contributed by atoms with Crippen molar-refractivity contribution in [1.29, 1.82) is 0 Å². The first-order valence-corrected chi connectivity index (χ1v) is 5.25. The van der Waals surface area contributed by atoms with Crippen LogP contribution in [0.3, 0.4) is 0 Å². The van der Waals surface area contributed by atoms with Gasteiger partial charge in [-0.2, -0.15) is 0 Å². The van der Waals surface area contributed by atoms with Crippen LogP contribution in [0.2, 0.25) is 0 Å². The molecule has 0 aliphatic carbocycles. The lowest BCUT2D eigenvalue weighted by Crippen LogP contribution is -2.16. The second kappa shape index (κ2) is 4.92. The molecule has 16 heavy (non-hydrogen) atoms. The van der Waals surface area contributed by atoms with E-state index in [1.54, 1.807) is 6.92 Å². The van der Waals surface area contributed by atoms with E-state index in [9.17, 15) is 9.59 Å². The highest BCUT2D eigenvalue weighted by atomic mass is 16.4. The maximum atomic E-state index is 11.9. The SMILES string of the molecule is Cc1cccc(C)c1C(=O)CC(C)C(=O)O. The maximum absolute atomic E-state index is 11.9. The second-order valence-corrected chi connectivity index (χ2v) is 4.13. The molecule has 0 heterocycles. The lowest BCUT2D eigenvalue weighted by atomic mass is 9.93. The van der Waals surface area contributed by atoms with Crippen LogP contribution < -0.4 is 0 Å². The van der Waals surface area contributed by atoms with Gasteiger partial charge in [0.05, 0.1) is 5.92 Å². The molecule has 1 atom stereocenters. The minimum Gasteiger partial charge on any atom is -0.481 e. The van der Waals surface area contributed by atoms with E-state index in [2.05, 4.69) is 0 Å². The number of carbonyl (C=O) groups is 2. The fourth-order valence-electron chi connectivity index (χ4n) is 1.72. The largest absolute Gasteiger partial charge is 0.481 e. The smallest absolute Gasteiger partial charge is 0.306 e. The third kappa shape index (κ3) is 2.69. The number of aliphatic carboxylic acids is 1. The molecule has 0 aromatic heterocycles. The number of hydrogen-bond donors (Lipinski definition) is 1. The molecule has 86 valence electrons. The summed E-state index contributed by atoms with van der Waals surface area (Å²) >= 11 is 0. The van der Waals surface area contributed by atoms with E-state index >= 15 is 0 Å². The third-order valence-corrected chi connectivity index (χ3v) is 2.67. The van der Waals surface area contributed by atoms with Crippen molar-refractivity contribution in [2.75, 3.05) is 0 Å². The molecule has 3 nitrogen and oxygen atoms in total. The molecule has 0 spiro atoms. The van der Waals surface area contributed by atoms with Gasteiger partial charge in [0, 0.05) is 12.0 Å². The number of Topliss-reactive ketones (excluding diaryl/α,β-unsaturated/α-hetero) is 1. The van der Waals surface area contributed by atoms with E-state index in [-0.39, 0.29) is 12.2 Å². The van der Waals surface area contributed by atoms with Crippen molar-refractivity contribution < 1.29 is 14.7 Å². The van der Waals surface area contributed by atoms with Crippen LogP contribution in [0.5, 0.6) is 0 Å². The van der Waals surface area contributed by atoms with E-state index in [1.807, 2.05) is 32.0 Å². The summed E-state index contributed by atoms with van der Waals surface area (Å²) in [6, 6.07) is 5.62. The number of benzene rings is 1. The number of carboxylic acids is 1. The predicted molar refractivity (Wildman–Crippen MR) is 61.7 cm³/mol. The van der Waals surface area contributed by atoms with Crippen LogP contribution in [0.25, 0.3) is 0 Å². The first-order valence-electron chi connectivity index (χ1n) is 5.25. The molecule has 0 saturated carbocycles. The van der Waals surface area contributed by atoms with Crippen molar-refractivity contribution in [2.24, 2.45) is 5.92 Å². The van der Waals surface area contributed by atoms with Gasteiger partial charge in [-0.3, -0.25) is 9.59 Å². The normalized spacial score (nSPS) is 12.2. The van der Waals surface area contributed by atoms with Crippen LogP contribution in [-0.2, 0) is 4.79 Å². The molecule has 1 N–H and O–H groups in total. The van der Waals surface area contributed by atoms with Gasteiger partial charge in [0.1, 0.15) is 0 Å². The van der Waals surface area contributed by atoms with E-state index in [0.717, 1.165) is 11.1 Å². The van der Waals surface area contributed by atoms with Crippen LogP contribution in [0.1, 0.15) is 34.8 Å². The van der Waals surface area contributed by atoms with Crippen LogP contribution in [0.15, 0.2) is 18.2 Å². The number of ketones is 1. The molecule has 0 aliphatic heterocycles. The Hall–Kier alpha value is -1.64. The van der Waals surface area contributed by atoms with E-state index < -0.39 is 11.9 Å². The van der Waals surface area contributed by atoms with Crippen molar-refractivity contribution in [2.45, 2.75) is 27.2 Å². The molecule has 1 aromatic carbocycles. The molecule has 0 saturated heterocycles. The molecule has 0 bridgehead atoms. The number of carbonyl (C=O) groups excluding carboxylic acids is 1. The molecule has 1 rings (SSSR count). The Kier molecular flexibility index (Phi) is 3.82. The highest BCUT2D eigenvalue weighted by Gasteiger charge is 2.19. The van der Waals surface area contributed by atoms with E-state index in [1.165, 1.54) is 0 Å². The van der Waals surface area contributed by atoms with Gasteiger partial charge in [-0.25, -0.2) is 0 Å². The van der Waals surface area contributed by atoms with Gasteiger partial charge >= 0.3 is 5.97 Å². The van der Waals surface area contributed by atoms with Gasteiger partial charge in [0.25, 0.3) is 0 Å². The van der Waals surface area contributed by atoms with Crippen molar-refractivity contribution >= 4 is 11.8 Å². The number of carboxylic acid groups (broad SMARTS) is 1. The lowest BCUT2D eigenvalue weighted by molar-refractivity contribution is -0.141. The monoisotopic (exact) mass is 220 g/mol. The quantitative estimate of drug-likeness (QED) is 0.793. The highest BCUT2D eigenvalue weighted by Crippen LogP contribution is 2.17. The zero-order valence-corrected chi connectivity index (χ0v) is 9.78. The van der Waals surface area contributed by atoms with Crippen molar-refractivity contribution in [3.8, 4) is 0 Å². The number of hydrogen-bond acceptors (Lipinski definition) is 2. The summed E-state index contributed by atoms with van der Waals surface area (Å²) in [6.07, 6.45) is 0.0566. The Morgan fingerprint density at radius 2 is 1.75 bits per heavy atom. The zero-order valence-electron chi connectivity index (χ0n) is 9.78. The summed E-state index contributed by atoms with van der Waals surface area (Å²) < 4.78 is 0. The minimum absolute atomic E-state index is 0.0566. The molecule has 3 heteroatoms. The minimum atomic E-state index is -0.931. The molecule has 0 aliphatic rings. The molecule has 1 unspecified atom stereocenters. The molecule has 0 amide bonds. The molecular formula is C13H16O3. The van der Waals surface area contributed by atoms with Crippen LogP contribution in [0.4, 0.5) is 0 Å². The van der Waals surface area contributed by atoms with Crippen LogP contribution >= 0.6 is 0 Å². The van der Waals surface area contributed by atoms with Crippen LogP contribution in [0, 0.1) is 19.8 Å². The molecular weight excluding hydrogens is 204 g/mol. The fraction of sp³-hybridized carbons (Fsp3) is 0.385. The summed E-state index contributed by atoms with van der Waals surface area (Å²) in [4.78, 5) is 22.6. The Bertz CT molecular complexity index is 401. The zero-order chi connectivity index (χ0) is 12.3. The van der Waals surface area contributed by atoms with Crippen molar-refractivity contribution in [3.63, 3.8) is 0 Å². The van der Waals surface area contributed by atoms with Gasteiger partial charge in [-0.15, -0.1) is 0 Å². The van der Waals surface area contributed by atoms with Gasteiger partial charge < -0.3 is 5.11 Å². The predicted octanol–water partition coefficient (Wildman–Crippen LogP) is 2.60. The Labute approximate surface area is 95.1 Å². The summed E-state index contributed by atoms with van der Waals surface area (Å²) in [7, 11) is 0.